The molecule has 16 heavy (non-hydrogen) atoms. The number of carboxylic acid groups (broad SMARTS) is 1. The second-order valence-electron chi connectivity index (χ2n) is 3.47. The van der Waals surface area contributed by atoms with Gasteiger partial charge in [0.1, 0.15) is 5.78 Å². The Kier molecular flexibility index (Phi) is 4.09. The van der Waals surface area contributed by atoms with E-state index in [0.717, 1.165) is 0 Å². The summed E-state index contributed by atoms with van der Waals surface area (Å²) in [7, 11) is 0. The van der Waals surface area contributed by atoms with Crippen molar-refractivity contribution in [3.05, 3.63) is 29.3 Å². The zero-order valence-electron chi connectivity index (χ0n) is 8.67. The minimum absolute atomic E-state index is 0.0442. The number of rotatable bonds is 4. The van der Waals surface area contributed by atoms with Crippen LogP contribution in [0, 0.1) is 0 Å². The first-order valence-electron chi connectivity index (χ1n) is 4.64. The van der Waals surface area contributed by atoms with Crippen molar-refractivity contribution in [2.24, 2.45) is 0 Å². The Morgan fingerprint density at radius 2 is 2.06 bits per heavy atom. The molecule has 1 atom stereocenters. The number of hydrogen-bond acceptors (Lipinski definition) is 4. The predicted molar refractivity (Wildman–Crippen MR) is 60.7 cm³/mol. The van der Waals surface area contributed by atoms with Gasteiger partial charge in [0.05, 0.1) is 0 Å². The van der Waals surface area contributed by atoms with Crippen LogP contribution in [0.3, 0.4) is 0 Å². The van der Waals surface area contributed by atoms with Crippen LogP contribution in [-0.4, -0.2) is 22.0 Å². The van der Waals surface area contributed by atoms with Crippen LogP contribution in [-0.2, 0) is 16.0 Å². The zero-order chi connectivity index (χ0) is 12.3. The van der Waals surface area contributed by atoms with Gasteiger partial charge in [-0.25, -0.2) is 4.79 Å². The van der Waals surface area contributed by atoms with E-state index in [-0.39, 0.29) is 17.8 Å². The van der Waals surface area contributed by atoms with Gasteiger partial charge in [-0.1, -0.05) is 18.2 Å². The molecule has 2 N–H and O–H groups in total. The first kappa shape index (κ1) is 12.7. The van der Waals surface area contributed by atoms with Gasteiger partial charge in [-0.15, -0.1) is 12.6 Å². The Morgan fingerprint density at radius 3 is 2.56 bits per heavy atom. The molecule has 1 aromatic rings. The summed E-state index contributed by atoms with van der Waals surface area (Å²) in [5, 5.41) is 18.1. The highest BCUT2D eigenvalue weighted by Crippen LogP contribution is 2.25. The highest BCUT2D eigenvalue weighted by atomic mass is 32.1. The van der Waals surface area contributed by atoms with Gasteiger partial charge >= 0.3 is 5.97 Å². The first-order chi connectivity index (χ1) is 7.43. The maximum absolute atomic E-state index is 11.0. The van der Waals surface area contributed by atoms with E-state index in [9.17, 15) is 14.7 Å². The van der Waals surface area contributed by atoms with Gasteiger partial charge < -0.3 is 10.2 Å². The molecular formula is C11H12O4S. The molecule has 0 aliphatic heterocycles. The van der Waals surface area contributed by atoms with Crippen molar-refractivity contribution in [1.29, 1.82) is 0 Å². The SMILES string of the molecule is CC(=O)Cc1cccc(C(O)C(=O)O)c1S. The van der Waals surface area contributed by atoms with E-state index in [2.05, 4.69) is 12.6 Å². The number of benzene rings is 1. The van der Waals surface area contributed by atoms with E-state index in [4.69, 9.17) is 5.11 Å². The summed E-state index contributed by atoms with van der Waals surface area (Å²) in [4.78, 5) is 22.0. The summed E-state index contributed by atoms with van der Waals surface area (Å²) in [6, 6.07) is 4.76. The first-order valence-corrected chi connectivity index (χ1v) is 5.09. The van der Waals surface area contributed by atoms with E-state index < -0.39 is 12.1 Å². The van der Waals surface area contributed by atoms with Crippen LogP contribution in [0.4, 0.5) is 0 Å². The molecular weight excluding hydrogens is 228 g/mol. The maximum atomic E-state index is 11.0. The van der Waals surface area contributed by atoms with Crippen molar-refractivity contribution in [2.75, 3.05) is 0 Å². The molecule has 86 valence electrons. The number of aliphatic carboxylic acids is 1. The van der Waals surface area contributed by atoms with E-state index in [1.807, 2.05) is 0 Å². The average molecular weight is 240 g/mol. The number of ketones is 1. The molecule has 0 bridgehead atoms. The third kappa shape index (κ3) is 2.84. The Morgan fingerprint density at radius 1 is 1.44 bits per heavy atom. The second-order valence-corrected chi connectivity index (χ2v) is 3.92. The summed E-state index contributed by atoms with van der Waals surface area (Å²) >= 11 is 4.14. The van der Waals surface area contributed by atoms with Crippen molar-refractivity contribution >= 4 is 24.4 Å². The van der Waals surface area contributed by atoms with Crippen LogP contribution >= 0.6 is 12.6 Å². The minimum atomic E-state index is -1.61. The summed E-state index contributed by atoms with van der Waals surface area (Å²) in [5.74, 6) is -1.38. The molecule has 0 saturated heterocycles. The molecule has 0 aliphatic rings. The molecule has 1 unspecified atom stereocenters. The fourth-order valence-electron chi connectivity index (χ4n) is 1.38. The molecule has 0 radical (unpaired) electrons. The number of carboxylic acids is 1. The Bertz CT molecular complexity index is 428. The van der Waals surface area contributed by atoms with Crippen LogP contribution in [0.15, 0.2) is 23.1 Å². The van der Waals surface area contributed by atoms with E-state index >= 15 is 0 Å². The highest BCUT2D eigenvalue weighted by molar-refractivity contribution is 7.80. The molecule has 0 saturated carbocycles. The fraction of sp³-hybridized carbons (Fsp3) is 0.273. The Hall–Kier alpha value is -1.33. The van der Waals surface area contributed by atoms with Crippen molar-refractivity contribution < 1.29 is 19.8 Å². The third-order valence-corrected chi connectivity index (χ3v) is 2.66. The van der Waals surface area contributed by atoms with Gasteiger partial charge in [-0.05, 0) is 12.5 Å². The number of Topliss-reactive ketones (excluding diaryl/α,β-unsaturated/α-hetero) is 1. The average Bonchev–Trinajstić information content (AvgIpc) is 2.19. The van der Waals surface area contributed by atoms with Crippen LogP contribution in [0.25, 0.3) is 0 Å². The molecule has 0 fully saturated rings. The molecule has 0 heterocycles. The van der Waals surface area contributed by atoms with Crippen LogP contribution in [0.2, 0.25) is 0 Å². The highest BCUT2D eigenvalue weighted by Gasteiger charge is 2.19. The van der Waals surface area contributed by atoms with Gasteiger partial charge in [0.2, 0.25) is 0 Å². The second kappa shape index (κ2) is 5.14. The quantitative estimate of drug-likeness (QED) is 0.692. The molecule has 0 amide bonds. The summed E-state index contributed by atoms with van der Waals surface area (Å²) in [5.41, 5.74) is 0.822. The van der Waals surface area contributed by atoms with Gasteiger partial charge in [0, 0.05) is 16.9 Å². The topological polar surface area (TPSA) is 74.6 Å². The number of aliphatic hydroxyl groups is 1. The summed E-state index contributed by atoms with van der Waals surface area (Å²) in [6.45, 7) is 1.44. The number of hydrogen-bond donors (Lipinski definition) is 3. The molecule has 0 spiro atoms. The molecule has 0 aliphatic carbocycles. The normalized spacial score (nSPS) is 12.2. The number of carbonyl (C=O) groups excluding carboxylic acids is 1. The van der Waals surface area contributed by atoms with E-state index in [1.54, 1.807) is 12.1 Å². The zero-order valence-corrected chi connectivity index (χ0v) is 9.57. The number of thiol groups is 1. The minimum Gasteiger partial charge on any atom is -0.479 e. The van der Waals surface area contributed by atoms with Gasteiger partial charge in [0.15, 0.2) is 6.10 Å². The summed E-state index contributed by atoms with van der Waals surface area (Å²) in [6.07, 6.45) is -1.43. The number of carbonyl (C=O) groups is 2. The molecule has 1 rings (SSSR count). The van der Waals surface area contributed by atoms with Crippen LogP contribution in [0.5, 0.6) is 0 Å². The van der Waals surface area contributed by atoms with E-state index in [1.165, 1.54) is 13.0 Å². The molecule has 1 aromatic carbocycles. The van der Waals surface area contributed by atoms with E-state index in [0.29, 0.717) is 10.5 Å². The molecule has 0 aromatic heterocycles. The van der Waals surface area contributed by atoms with Crippen molar-refractivity contribution in [3.63, 3.8) is 0 Å². The predicted octanol–water partition coefficient (Wildman–Crippen LogP) is 1.22. The fourth-order valence-corrected chi connectivity index (χ4v) is 1.73. The van der Waals surface area contributed by atoms with Crippen LogP contribution < -0.4 is 0 Å². The Labute approximate surface area is 98.3 Å². The lowest BCUT2D eigenvalue weighted by Crippen LogP contribution is -2.12. The van der Waals surface area contributed by atoms with Gasteiger partial charge in [0.25, 0.3) is 0 Å². The van der Waals surface area contributed by atoms with Gasteiger partial charge in [-0.2, -0.15) is 0 Å². The monoisotopic (exact) mass is 240 g/mol. The summed E-state index contributed by atoms with van der Waals surface area (Å²) < 4.78 is 0. The Balaban J connectivity index is 3.13. The smallest absolute Gasteiger partial charge is 0.337 e. The molecule has 5 heteroatoms. The maximum Gasteiger partial charge on any atom is 0.337 e. The van der Waals surface area contributed by atoms with Crippen LogP contribution in [0.1, 0.15) is 24.2 Å². The lowest BCUT2D eigenvalue weighted by atomic mass is 10.0. The van der Waals surface area contributed by atoms with Crippen molar-refractivity contribution in [1.82, 2.24) is 0 Å². The lowest BCUT2D eigenvalue weighted by molar-refractivity contribution is -0.147. The largest absolute Gasteiger partial charge is 0.479 e. The van der Waals surface area contributed by atoms with Crippen molar-refractivity contribution in [2.45, 2.75) is 24.3 Å². The van der Waals surface area contributed by atoms with Gasteiger partial charge in [-0.3, -0.25) is 4.79 Å². The molecule has 4 nitrogen and oxygen atoms in total. The van der Waals surface area contributed by atoms with Crippen molar-refractivity contribution in [3.8, 4) is 0 Å². The number of aliphatic hydroxyl groups excluding tert-OH is 1. The standard InChI is InChI=1S/C11H12O4S/c1-6(12)5-7-3-2-4-8(10(7)16)9(13)11(14)15/h2-4,9,13,16H,5H2,1H3,(H,14,15). The lowest BCUT2D eigenvalue weighted by Gasteiger charge is -2.11. The third-order valence-electron chi connectivity index (χ3n) is 2.12.